The van der Waals surface area contributed by atoms with E-state index in [0.717, 1.165) is 36.4 Å². The molecule has 0 bridgehead atoms. The summed E-state index contributed by atoms with van der Waals surface area (Å²) in [4.78, 5) is 29.6. The van der Waals surface area contributed by atoms with E-state index in [1.54, 1.807) is 17.0 Å². The van der Waals surface area contributed by atoms with E-state index in [-0.39, 0.29) is 30.0 Å². The molecule has 0 saturated carbocycles. The Labute approximate surface area is 197 Å². The fourth-order valence-electron chi connectivity index (χ4n) is 4.17. The number of carbonyl (C=O) groups excluding carboxylic acids is 2. The molecular weight excluding hydrogens is 417 g/mol. The van der Waals surface area contributed by atoms with Gasteiger partial charge in [0.1, 0.15) is 5.82 Å². The van der Waals surface area contributed by atoms with Gasteiger partial charge in [-0.05, 0) is 67.2 Å². The number of hydrogen-bond acceptors (Lipinski definition) is 3. The van der Waals surface area contributed by atoms with Gasteiger partial charge in [0.15, 0.2) is 0 Å². The second kappa shape index (κ2) is 12.5. The molecule has 2 aromatic rings. The van der Waals surface area contributed by atoms with E-state index in [9.17, 15) is 14.0 Å². The largest absolute Gasteiger partial charge is 0.355 e. The van der Waals surface area contributed by atoms with Gasteiger partial charge in [0.2, 0.25) is 11.8 Å². The van der Waals surface area contributed by atoms with Gasteiger partial charge in [-0.15, -0.1) is 0 Å². The summed E-state index contributed by atoms with van der Waals surface area (Å²) in [6.45, 7) is 8.16. The summed E-state index contributed by atoms with van der Waals surface area (Å²) in [5, 5.41) is 3.02. The second-order valence-electron chi connectivity index (χ2n) is 9.30. The molecule has 0 aromatic heterocycles. The van der Waals surface area contributed by atoms with Crippen molar-refractivity contribution in [2.45, 2.75) is 52.5 Å². The van der Waals surface area contributed by atoms with Gasteiger partial charge in [-0.3, -0.25) is 9.59 Å². The van der Waals surface area contributed by atoms with E-state index in [1.807, 2.05) is 38.1 Å². The van der Waals surface area contributed by atoms with Crippen LogP contribution in [0.5, 0.6) is 0 Å². The number of benzene rings is 2. The van der Waals surface area contributed by atoms with E-state index < -0.39 is 0 Å². The lowest BCUT2D eigenvalue weighted by atomic mass is 10.1. The highest BCUT2D eigenvalue weighted by molar-refractivity contribution is 5.93. The van der Waals surface area contributed by atoms with Gasteiger partial charge in [-0.2, -0.15) is 0 Å². The summed E-state index contributed by atoms with van der Waals surface area (Å²) in [6, 6.07) is 13.8. The summed E-state index contributed by atoms with van der Waals surface area (Å²) in [7, 11) is 0. The van der Waals surface area contributed by atoms with Crippen LogP contribution in [-0.4, -0.2) is 42.9 Å². The first-order chi connectivity index (χ1) is 15.9. The predicted molar refractivity (Wildman–Crippen MR) is 130 cm³/mol. The lowest BCUT2D eigenvalue weighted by Crippen LogP contribution is -2.38. The van der Waals surface area contributed by atoms with Crippen LogP contribution in [0.15, 0.2) is 48.5 Å². The molecule has 178 valence electrons. The third-order valence-corrected chi connectivity index (χ3v) is 5.92. The Balaban J connectivity index is 1.64. The van der Waals surface area contributed by atoms with Crippen molar-refractivity contribution in [3.05, 3.63) is 65.5 Å². The van der Waals surface area contributed by atoms with Crippen molar-refractivity contribution < 1.29 is 14.0 Å². The number of piperidine rings is 1. The first kappa shape index (κ1) is 24.9. The molecule has 2 amide bonds. The van der Waals surface area contributed by atoms with E-state index in [4.69, 9.17) is 0 Å². The minimum absolute atomic E-state index is 0.0113. The normalized spacial score (nSPS) is 14.3. The molecule has 1 aliphatic heterocycles. The number of hydrogen-bond donors (Lipinski definition) is 1. The maximum atomic E-state index is 13.3. The van der Waals surface area contributed by atoms with Crippen molar-refractivity contribution in [1.29, 1.82) is 0 Å². The zero-order valence-electron chi connectivity index (χ0n) is 19.9. The molecule has 0 atom stereocenters. The van der Waals surface area contributed by atoms with Gasteiger partial charge in [-0.25, -0.2) is 4.39 Å². The van der Waals surface area contributed by atoms with Gasteiger partial charge in [0, 0.05) is 25.2 Å². The molecule has 1 heterocycles. The van der Waals surface area contributed by atoms with Crippen LogP contribution in [-0.2, 0) is 22.6 Å². The Morgan fingerprint density at radius 3 is 2.45 bits per heavy atom. The van der Waals surface area contributed by atoms with Crippen molar-refractivity contribution in [2.24, 2.45) is 5.92 Å². The van der Waals surface area contributed by atoms with E-state index in [0.29, 0.717) is 19.5 Å². The smallest absolute Gasteiger partial charge is 0.227 e. The Morgan fingerprint density at radius 2 is 1.76 bits per heavy atom. The van der Waals surface area contributed by atoms with Crippen LogP contribution >= 0.6 is 0 Å². The Bertz CT molecular complexity index is 908. The highest BCUT2D eigenvalue weighted by Gasteiger charge is 2.18. The Kier molecular flexibility index (Phi) is 9.43. The number of halogens is 1. The van der Waals surface area contributed by atoms with E-state index in [2.05, 4.69) is 10.2 Å². The third-order valence-electron chi connectivity index (χ3n) is 5.92. The van der Waals surface area contributed by atoms with Crippen molar-refractivity contribution in [2.75, 3.05) is 31.1 Å². The van der Waals surface area contributed by atoms with Gasteiger partial charge in [-0.1, -0.05) is 44.5 Å². The molecule has 6 heteroatoms. The fraction of sp³-hybridized carbons (Fsp3) is 0.481. The lowest BCUT2D eigenvalue weighted by Gasteiger charge is -2.26. The molecular formula is C27H36FN3O2. The highest BCUT2D eigenvalue weighted by atomic mass is 19.1. The van der Waals surface area contributed by atoms with Gasteiger partial charge in [0.05, 0.1) is 13.0 Å². The first-order valence-corrected chi connectivity index (χ1v) is 12.0. The molecule has 1 fully saturated rings. The van der Waals surface area contributed by atoms with Gasteiger partial charge in [0.25, 0.3) is 0 Å². The second-order valence-corrected chi connectivity index (χ2v) is 9.30. The minimum atomic E-state index is -0.299. The summed E-state index contributed by atoms with van der Waals surface area (Å²) in [5.74, 6) is -0.0746. The van der Waals surface area contributed by atoms with Crippen LogP contribution in [0.3, 0.4) is 0 Å². The lowest BCUT2D eigenvalue weighted by molar-refractivity contribution is -0.120. The molecule has 0 aliphatic carbocycles. The van der Waals surface area contributed by atoms with Crippen molar-refractivity contribution in [3.63, 3.8) is 0 Å². The molecule has 0 spiro atoms. The average Bonchev–Trinajstić information content (AvgIpc) is 2.79. The fourth-order valence-corrected chi connectivity index (χ4v) is 4.17. The predicted octanol–water partition coefficient (Wildman–Crippen LogP) is 4.55. The number of nitrogens with zero attached hydrogens (tertiary/aromatic N) is 2. The van der Waals surface area contributed by atoms with E-state index in [1.165, 1.54) is 31.4 Å². The SMILES string of the molecule is CC(C)CC(=O)N(Cc1ccc(F)cc1)c1cccc(CC(=O)NCCN2CCCCC2)c1. The molecule has 0 unspecified atom stereocenters. The number of likely N-dealkylation sites (tertiary alicyclic amines) is 1. The molecule has 5 nitrogen and oxygen atoms in total. The highest BCUT2D eigenvalue weighted by Crippen LogP contribution is 2.22. The first-order valence-electron chi connectivity index (χ1n) is 12.0. The monoisotopic (exact) mass is 453 g/mol. The molecule has 2 aromatic carbocycles. The standard InChI is InChI=1S/C27H36FN3O2/c1-21(2)17-27(33)31(20-22-9-11-24(28)12-10-22)25-8-6-7-23(18-25)19-26(32)29-13-16-30-14-4-3-5-15-30/h6-12,18,21H,3-5,13-17,19-20H2,1-2H3,(H,29,32). The molecule has 33 heavy (non-hydrogen) atoms. The quantitative estimate of drug-likeness (QED) is 0.574. The van der Waals surface area contributed by atoms with Crippen LogP contribution in [0.4, 0.5) is 10.1 Å². The Hall–Kier alpha value is -2.73. The number of amides is 2. The van der Waals surface area contributed by atoms with Gasteiger partial charge >= 0.3 is 0 Å². The maximum Gasteiger partial charge on any atom is 0.227 e. The molecule has 1 saturated heterocycles. The molecule has 1 N–H and O–H groups in total. The minimum Gasteiger partial charge on any atom is -0.355 e. The van der Waals surface area contributed by atoms with Crippen LogP contribution in [0.25, 0.3) is 0 Å². The summed E-state index contributed by atoms with van der Waals surface area (Å²) in [5.41, 5.74) is 2.47. The van der Waals surface area contributed by atoms with Crippen molar-refractivity contribution in [1.82, 2.24) is 10.2 Å². The number of carbonyl (C=O) groups is 2. The Morgan fingerprint density at radius 1 is 1.03 bits per heavy atom. The zero-order valence-corrected chi connectivity index (χ0v) is 19.9. The van der Waals surface area contributed by atoms with Crippen molar-refractivity contribution in [3.8, 4) is 0 Å². The maximum absolute atomic E-state index is 13.3. The zero-order chi connectivity index (χ0) is 23.6. The van der Waals surface area contributed by atoms with E-state index >= 15 is 0 Å². The molecule has 1 aliphatic rings. The number of nitrogens with one attached hydrogen (secondary N) is 1. The van der Waals surface area contributed by atoms with Crippen molar-refractivity contribution >= 4 is 17.5 Å². The number of rotatable bonds is 10. The topological polar surface area (TPSA) is 52.7 Å². The average molecular weight is 454 g/mol. The van der Waals surface area contributed by atoms with Crippen LogP contribution in [0.2, 0.25) is 0 Å². The number of anilines is 1. The third kappa shape index (κ3) is 8.28. The summed E-state index contributed by atoms with van der Waals surface area (Å²) in [6.07, 6.45) is 4.48. The van der Waals surface area contributed by atoms with Gasteiger partial charge < -0.3 is 15.1 Å². The molecule has 0 radical (unpaired) electrons. The van der Waals surface area contributed by atoms with Crippen LogP contribution in [0.1, 0.15) is 50.7 Å². The summed E-state index contributed by atoms with van der Waals surface area (Å²) >= 11 is 0. The van der Waals surface area contributed by atoms with Crippen LogP contribution < -0.4 is 10.2 Å². The van der Waals surface area contributed by atoms with Crippen LogP contribution in [0, 0.1) is 11.7 Å². The summed E-state index contributed by atoms with van der Waals surface area (Å²) < 4.78 is 13.3. The molecule has 3 rings (SSSR count).